The molecule has 0 saturated heterocycles. The normalized spacial score (nSPS) is 19.8. The number of benzene rings is 10. The van der Waals surface area contributed by atoms with Crippen molar-refractivity contribution in [2.24, 2.45) is 0 Å². The Morgan fingerprint density at radius 2 is 1.00 bits per heavy atom. The summed E-state index contributed by atoms with van der Waals surface area (Å²) in [6.07, 6.45) is 0. The molecule has 242 valence electrons. The van der Waals surface area contributed by atoms with Crippen LogP contribution in [0.2, 0.25) is 0 Å². The Hall–Kier alpha value is -6.70. The van der Waals surface area contributed by atoms with Crippen molar-refractivity contribution in [2.45, 2.75) is 6.92 Å². The second-order valence-corrected chi connectivity index (χ2v) is 11.8. The van der Waals surface area contributed by atoms with E-state index in [1.54, 1.807) is 0 Å². The van der Waals surface area contributed by atoms with Crippen molar-refractivity contribution in [1.29, 1.82) is 0 Å². The molecule has 1 nitrogen and oxygen atoms in total. The van der Waals surface area contributed by atoms with E-state index in [-0.39, 0.29) is 16.3 Å². The lowest BCUT2D eigenvalue weighted by atomic mass is 9.82. The Bertz CT molecular complexity index is 4840. The van der Waals surface area contributed by atoms with Crippen LogP contribution >= 0.6 is 0 Å². The highest BCUT2D eigenvalue weighted by atomic mass is 16.3. The van der Waals surface area contributed by atoms with Crippen molar-refractivity contribution >= 4 is 75.8 Å². The predicted molar refractivity (Wildman–Crippen MR) is 222 cm³/mol. The van der Waals surface area contributed by atoms with E-state index in [9.17, 15) is 19.2 Å². The van der Waals surface area contributed by atoms with Crippen LogP contribution in [0.4, 0.5) is 0 Å². The van der Waals surface area contributed by atoms with Crippen LogP contribution in [0, 0.1) is 6.92 Å². The zero-order valence-corrected chi connectivity index (χ0v) is 26.4. The summed E-state index contributed by atoms with van der Waals surface area (Å²) in [6, 6.07) is -26.9. The van der Waals surface area contributed by atoms with Crippen LogP contribution in [0.3, 0.4) is 0 Å². The molecule has 0 bridgehead atoms. The van der Waals surface area contributed by atoms with Gasteiger partial charge in [-0.15, -0.1) is 0 Å². The zero-order valence-electron chi connectivity index (χ0n) is 55.4. The van der Waals surface area contributed by atoms with Crippen molar-refractivity contribution in [2.75, 3.05) is 0 Å². The highest BCUT2D eigenvalue weighted by molar-refractivity contribution is 6.26. The van der Waals surface area contributed by atoms with Gasteiger partial charge in [0.2, 0.25) is 0 Å². The molecule has 0 amide bonds. The first kappa shape index (κ1) is 12.5. The number of rotatable bonds is 3. The third-order valence-electron chi connectivity index (χ3n) is 8.87. The molecule has 1 heterocycles. The number of hydrogen-bond donors (Lipinski definition) is 0. The van der Waals surface area contributed by atoms with Gasteiger partial charge in [-0.25, -0.2) is 0 Å². The van der Waals surface area contributed by atoms with E-state index in [1.165, 1.54) is 6.92 Å². The average Bonchev–Trinajstić information content (AvgIpc) is 1.99. The molecule has 0 aliphatic carbocycles. The van der Waals surface area contributed by atoms with Crippen molar-refractivity contribution in [3.63, 3.8) is 0 Å². The summed E-state index contributed by atoms with van der Waals surface area (Å²) in [5.74, 6) is 0. The summed E-state index contributed by atoms with van der Waals surface area (Å²) in [6.45, 7) is 1.34. The SMILES string of the molecule is [2H]c1c([2H])c([2H])c2c(oc3c([2H])c([2H])c4c([2H])c(C)c([2H])c([2H])c4c32)c1-c1c(-c2c3c([2H])c([2H])c([2H])c([2H])c3c(-c3c([2H])c([2H])c4c([2H])c([2H])c([2H])c([2H])c4c3[2H])c3c([2H])c([2H])c([2H])c([2H])c23)c([2H])c([2H])c2c([2H])c([2H])c([2H])c([2H])c12. The molecule has 0 radical (unpaired) electrons. The molecule has 11 rings (SSSR count). The lowest BCUT2D eigenvalue weighted by Gasteiger charge is -2.21. The van der Waals surface area contributed by atoms with Gasteiger partial charge in [-0.2, -0.15) is 0 Å². The van der Waals surface area contributed by atoms with Gasteiger partial charge in [0.05, 0.1) is 39.8 Å². The Kier molecular flexibility index (Phi) is 2.68. The fourth-order valence-corrected chi connectivity index (χ4v) is 6.72. The number of furan rings is 1. The molecular formula is C51H32O. The second kappa shape index (κ2) is 11.2. The van der Waals surface area contributed by atoms with Crippen LogP contribution in [-0.2, 0) is 0 Å². The van der Waals surface area contributed by atoms with Crippen molar-refractivity contribution in [3.05, 3.63) is 181 Å². The molecule has 1 heteroatoms. The van der Waals surface area contributed by atoms with Gasteiger partial charge in [0.25, 0.3) is 0 Å². The van der Waals surface area contributed by atoms with E-state index in [1.807, 2.05) is 0 Å². The Labute approximate surface area is 341 Å². The molecule has 0 aliphatic heterocycles. The maximum Gasteiger partial charge on any atom is 0.143 e. The minimum atomic E-state index is -1.12. The fourth-order valence-electron chi connectivity index (χ4n) is 6.72. The molecular weight excluding hydrogens is 629 g/mol. The summed E-state index contributed by atoms with van der Waals surface area (Å²) < 4.78 is 273. The maximum absolute atomic E-state index is 10.0. The molecule has 11 aromatic rings. The second-order valence-electron chi connectivity index (χ2n) is 11.8. The van der Waals surface area contributed by atoms with Crippen LogP contribution < -0.4 is 0 Å². The summed E-state index contributed by atoms with van der Waals surface area (Å²) in [7, 11) is 0. The van der Waals surface area contributed by atoms with Gasteiger partial charge in [-0.05, 0) is 95.1 Å². The lowest BCUT2D eigenvalue weighted by Crippen LogP contribution is -1.94. The third-order valence-corrected chi connectivity index (χ3v) is 8.87. The van der Waals surface area contributed by atoms with Gasteiger partial charge in [-0.3, -0.25) is 0 Å². The Balaban J connectivity index is 1.52. The molecule has 0 spiro atoms. The Morgan fingerprint density at radius 1 is 0.385 bits per heavy atom. The van der Waals surface area contributed by atoms with Gasteiger partial charge in [0.15, 0.2) is 0 Å². The number of fused-ring (bicyclic) bond motifs is 9. The predicted octanol–water partition coefficient (Wildman–Crippen LogP) is 14.7. The van der Waals surface area contributed by atoms with E-state index in [2.05, 4.69) is 0 Å². The summed E-state index contributed by atoms with van der Waals surface area (Å²) in [5.41, 5.74) is -6.37. The minimum absolute atomic E-state index is 0.0643. The largest absolute Gasteiger partial charge is 0.455 e. The van der Waals surface area contributed by atoms with E-state index < -0.39 is 274 Å². The molecule has 0 N–H and O–H groups in total. The van der Waals surface area contributed by atoms with Gasteiger partial charge < -0.3 is 4.42 Å². The maximum atomic E-state index is 10.0. The molecule has 0 fully saturated rings. The first-order chi connectivity index (χ1) is 37.8. The molecule has 0 atom stereocenters. The lowest BCUT2D eigenvalue weighted by molar-refractivity contribution is 0.670. The number of hydrogen-bond acceptors (Lipinski definition) is 1. The van der Waals surface area contributed by atoms with Crippen LogP contribution in [0.25, 0.3) is 109 Å². The van der Waals surface area contributed by atoms with Gasteiger partial charge in [0.1, 0.15) is 11.2 Å². The summed E-state index contributed by atoms with van der Waals surface area (Å²) in [4.78, 5) is 0. The minimum Gasteiger partial charge on any atom is -0.455 e. The standard InChI is InChI=1S/C51H32O/c1-31-21-26-38-35(29-31)25-28-46-50(38)45-20-10-19-44(51(45)52-46)48-37-14-5-4-12-33(37)24-27-43(48)49-41-17-8-6-15-39(41)47(40-16-7-9-18-42(40)49)36-23-22-32-11-2-3-13-34(32)30-36/h2-30H,1H3/i2D,3D,4D,5D,6D,7D,8D,9D,10D,11D,12D,13D,14D,15D,16D,17D,18D,19D,20D,21D,22D,23D,24D,25D,26D,27D,28D,29D,30D. The van der Waals surface area contributed by atoms with E-state index in [0.29, 0.717) is 0 Å². The highest BCUT2D eigenvalue weighted by Crippen LogP contribution is 2.50. The van der Waals surface area contributed by atoms with Crippen molar-refractivity contribution in [3.8, 4) is 33.4 Å². The molecule has 10 aromatic carbocycles. The van der Waals surface area contributed by atoms with Gasteiger partial charge >= 0.3 is 0 Å². The molecule has 1 aromatic heterocycles. The molecule has 0 aliphatic rings. The molecule has 0 unspecified atom stereocenters. The first-order valence-corrected chi connectivity index (χ1v) is 15.7. The average molecular weight is 690 g/mol. The van der Waals surface area contributed by atoms with E-state index in [0.717, 1.165) is 0 Å². The highest BCUT2D eigenvalue weighted by Gasteiger charge is 2.23. The topological polar surface area (TPSA) is 13.1 Å². The Morgan fingerprint density at radius 3 is 1.77 bits per heavy atom. The van der Waals surface area contributed by atoms with Crippen LogP contribution in [0.15, 0.2) is 180 Å². The van der Waals surface area contributed by atoms with Crippen LogP contribution in [0.1, 0.15) is 45.3 Å². The fraction of sp³-hybridized carbons (Fsp3) is 0.0196. The summed E-state index contributed by atoms with van der Waals surface area (Å²) in [5, 5.41) is -7.73. The molecule has 0 saturated carbocycles. The zero-order chi connectivity index (χ0) is 59.6. The van der Waals surface area contributed by atoms with Gasteiger partial charge in [-0.1, -0.05) is 169 Å². The first-order valence-electron chi connectivity index (χ1n) is 30.2. The van der Waals surface area contributed by atoms with Crippen molar-refractivity contribution < 1.29 is 44.2 Å². The van der Waals surface area contributed by atoms with E-state index >= 15 is 0 Å². The van der Waals surface area contributed by atoms with Gasteiger partial charge in [0, 0.05) is 21.9 Å². The van der Waals surface area contributed by atoms with Crippen LogP contribution in [-0.4, -0.2) is 0 Å². The van der Waals surface area contributed by atoms with E-state index in [4.69, 9.17) is 25.0 Å². The van der Waals surface area contributed by atoms with Crippen LogP contribution in [0.5, 0.6) is 0 Å². The van der Waals surface area contributed by atoms with Crippen molar-refractivity contribution in [1.82, 2.24) is 0 Å². The smallest absolute Gasteiger partial charge is 0.143 e. The number of para-hydroxylation sites is 1. The molecule has 52 heavy (non-hydrogen) atoms. The summed E-state index contributed by atoms with van der Waals surface area (Å²) >= 11 is 0. The third kappa shape index (κ3) is 4.23. The quantitative estimate of drug-likeness (QED) is 0.168. The monoisotopic (exact) mass is 689 g/mol.